The summed E-state index contributed by atoms with van der Waals surface area (Å²) in [5.74, 6) is -0.278. The van der Waals surface area contributed by atoms with E-state index in [9.17, 15) is 22.8 Å². The van der Waals surface area contributed by atoms with Gasteiger partial charge in [0.2, 0.25) is 0 Å². The van der Waals surface area contributed by atoms with Crippen LogP contribution in [0.3, 0.4) is 0 Å². The number of ketones is 1. The predicted octanol–water partition coefficient (Wildman–Crippen LogP) is 5.16. The second kappa shape index (κ2) is 7.39. The molecule has 3 fully saturated rings. The van der Waals surface area contributed by atoms with Crippen LogP contribution in [0.4, 0.5) is 13.2 Å². The number of hydrogen-bond acceptors (Lipinski definition) is 5. The van der Waals surface area contributed by atoms with Crippen LogP contribution >= 0.6 is 34.5 Å². The van der Waals surface area contributed by atoms with E-state index in [-0.39, 0.29) is 35.6 Å². The fourth-order valence-electron chi connectivity index (χ4n) is 4.33. The number of benzene rings is 1. The van der Waals surface area contributed by atoms with Gasteiger partial charge in [-0.3, -0.25) is 9.59 Å². The molecule has 1 aromatic heterocycles. The van der Waals surface area contributed by atoms with Crippen molar-refractivity contribution in [3.8, 4) is 5.75 Å². The first-order valence-electron chi connectivity index (χ1n) is 8.94. The summed E-state index contributed by atoms with van der Waals surface area (Å²) in [6, 6.07) is 4.69. The maximum atomic E-state index is 12.6. The molecule has 0 radical (unpaired) electrons. The molecule has 3 aliphatic carbocycles. The Labute approximate surface area is 183 Å². The number of thiazole rings is 1. The zero-order valence-corrected chi connectivity index (χ0v) is 17.6. The molecule has 0 unspecified atom stereocenters. The van der Waals surface area contributed by atoms with Crippen molar-refractivity contribution in [2.45, 2.75) is 37.4 Å². The molecule has 2 bridgehead atoms. The third kappa shape index (κ3) is 4.15. The highest BCUT2D eigenvalue weighted by atomic mass is 35.5. The molecule has 1 heterocycles. The van der Waals surface area contributed by atoms with E-state index < -0.39 is 17.0 Å². The van der Waals surface area contributed by atoms with Crippen LogP contribution in [0.2, 0.25) is 10.0 Å². The van der Waals surface area contributed by atoms with Crippen molar-refractivity contribution in [2.75, 3.05) is 6.61 Å². The van der Waals surface area contributed by atoms with Crippen molar-refractivity contribution in [1.29, 1.82) is 0 Å². The van der Waals surface area contributed by atoms with Crippen LogP contribution in [-0.4, -0.2) is 28.8 Å². The summed E-state index contributed by atoms with van der Waals surface area (Å²) in [7, 11) is 0. The van der Waals surface area contributed by atoms with Gasteiger partial charge in [-0.1, -0.05) is 23.2 Å². The highest BCUT2D eigenvalue weighted by Gasteiger charge is 2.68. The number of rotatable bonds is 7. The first-order valence-corrected chi connectivity index (χ1v) is 10.6. The molecular formula is C19H15Cl2F3N2O3S. The maximum Gasteiger partial charge on any atom is 0.443 e. The first kappa shape index (κ1) is 21.4. The minimum atomic E-state index is -4.55. The Morgan fingerprint density at radius 3 is 2.50 bits per heavy atom. The highest BCUT2D eigenvalue weighted by molar-refractivity contribution is 7.10. The summed E-state index contributed by atoms with van der Waals surface area (Å²) in [5, 5.41) is 3.75. The van der Waals surface area contributed by atoms with Crippen LogP contribution < -0.4 is 10.1 Å². The van der Waals surface area contributed by atoms with Gasteiger partial charge >= 0.3 is 6.18 Å². The number of halogens is 5. The van der Waals surface area contributed by atoms with E-state index in [0.717, 1.165) is 5.38 Å². The molecule has 1 N–H and O–H groups in total. The molecule has 5 rings (SSSR count). The monoisotopic (exact) mass is 478 g/mol. The van der Waals surface area contributed by atoms with Crippen LogP contribution in [0.25, 0.3) is 0 Å². The molecule has 30 heavy (non-hydrogen) atoms. The van der Waals surface area contributed by atoms with Crippen LogP contribution in [0.15, 0.2) is 23.6 Å². The molecule has 0 aliphatic heterocycles. The lowest BCUT2D eigenvalue weighted by Gasteiger charge is -2.70. The number of hydrogen-bond donors (Lipinski definition) is 1. The number of ether oxygens (including phenoxy) is 1. The molecule has 1 aromatic carbocycles. The molecule has 3 saturated carbocycles. The van der Waals surface area contributed by atoms with Gasteiger partial charge in [0.15, 0.2) is 17.4 Å². The van der Waals surface area contributed by atoms with Gasteiger partial charge in [0.1, 0.15) is 11.4 Å². The third-order valence-electron chi connectivity index (χ3n) is 5.37. The second-order valence-corrected chi connectivity index (χ2v) is 9.53. The SMILES string of the molecule is O=C(COc1ccc(Cl)c(Cl)c1)NC12CC(CC(=O)c3csc(C(F)(F)F)n3)(C1)C2. The van der Waals surface area contributed by atoms with Gasteiger partial charge in [-0.2, -0.15) is 13.2 Å². The lowest BCUT2D eigenvalue weighted by molar-refractivity contribution is -0.164. The fraction of sp³-hybridized carbons (Fsp3) is 0.421. The zero-order chi connectivity index (χ0) is 21.7. The van der Waals surface area contributed by atoms with E-state index in [1.54, 1.807) is 12.1 Å². The predicted molar refractivity (Wildman–Crippen MR) is 105 cm³/mol. The highest BCUT2D eigenvalue weighted by Crippen LogP contribution is 2.69. The number of alkyl halides is 3. The average Bonchev–Trinajstić information content (AvgIpc) is 3.10. The molecule has 160 valence electrons. The van der Waals surface area contributed by atoms with Crippen LogP contribution in [0.1, 0.15) is 41.2 Å². The Hall–Kier alpha value is -1.84. The number of carbonyl (C=O) groups excluding carboxylic acids is 2. The summed E-state index contributed by atoms with van der Waals surface area (Å²) in [5.41, 5.74) is -0.778. The van der Waals surface area contributed by atoms with Crippen LogP contribution in [0, 0.1) is 5.41 Å². The van der Waals surface area contributed by atoms with E-state index in [0.29, 0.717) is 46.4 Å². The minimum absolute atomic E-state index is 0.130. The van der Waals surface area contributed by atoms with Crippen LogP contribution in [-0.2, 0) is 11.0 Å². The van der Waals surface area contributed by atoms with Crippen LogP contribution in [0.5, 0.6) is 5.75 Å². The summed E-state index contributed by atoms with van der Waals surface area (Å²) >= 11 is 12.1. The number of nitrogens with one attached hydrogen (secondary N) is 1. The molecule has 0 saturated heterocycles. The molecule has 2 aromatic rings. The van der Waals surface area contributed by atoms with Crippen molar-refractivity contribution in [3.05, 3.63) is 44.3 Å². The lowest BCUT2D eigenvalue weighted by atomic mass is 9.38. The number of nitrogens with zero attached hydrogens (tertiary/aromatic N) is 1. The van der Waals surface area contributed by atoms with E-state index in [1.807, 2.05) is 0 Å². The van der Waals surface area contributed by atoms with Crippen molar-refractivity contribution < 1.29 is 27.5 Å². The molecule has 1 amide bonds. The van der Waals surface area contributed by atoms with Gasteiger partial charge in [0, 0.05) is 23.4 Å². The van der Waals surface area contributed by atoms with Crippen molar-refractivity contribution in [2.24, 2.45) is 5.41 Å². The van der Waals surface area contributed by atoms with Gasteiger partial charge in [-0.25, -0.2) is 4.98 Å². The average molecular weight is 479 g/mol. The zero-order valence-electron chi connectivity index (χ0n) is 15.3. The Morgan fingerprint density at radius 2 is 1.90 bits per heavy atom. The normalized spacial score (nSPS) is 24.6. The topological polar surface area (TPSA) is 68.3 Å². The third-order valence-corrected chi connectivity index (χ3v) is 7.00. The maximum absolute atomic E-state index is 12.6. The van der Waals surface area contributed by atoms with Crippen molar-refractivity contribution in [3.63, 3.8) is 0 Å². The number of aromatic nitrogens is 1. The Bertz CT molecular complexity index is 1000. The van der Waals surface area contributed by atoms with Gasteiger partial charge in [0.05, 0.1) is 10.0 Å². The van der Waals surface area contributed by atoms with E-state index in [4.69, 9.17) is 27.9 Å². The Morgan fingerprint density at radius 1 is 1.20 bits per heavy atom. The lowest BCUT2D eigenvalue weighted by Crippen LogP contribution is -2.75. The molecule has 5 nitrogen and oxygen atoms in total. The molecule has 3 aliphatic rings. The van der Waals surface area contributed by atoms with Crippen molar-refractivity contribution in [1.82, 2.24) is 10.3 Å². The number of carbonyl (C=O) groups is 2. The van der Waals surface area contributed by atoms with E-state index in [1.165, 1.54) is 6.07 Å². The summed E-state index contributed by atoms with van der Waals surface area (Å²) in [6.45, 7) is -0.190. The standard InChI is InChI=1S/C19H15Cl2F3N2O3S/c20-11-2-1-10(3-12(11)21)29-5-15(28)26-18-7-17(8-18,9-18)4-14(27)13-6-30-16(25-13)19(22,23)24/h1-3,6H,4-5,7-9H2,(H,26,28). The van der Waals surface area contributed by atoms with E-state index in [2.05, 4.69) is 10.3 Å². The molecular weight excluding hydrogens is 464 g/mol. The van der Waals surface area contributed by atoms with E-state index >= 15 is 0 Å². The fourth-order valence-corrected chi connectivity index (χ4v) is 5.31. The van der Waals surface area contributed by atoms with Gasteiger partial charge in [0.25, 0.3) is 5.91 Å². The quantitative estimate of drug-likeness (QED) is 0.558. The number of amides is 1. The van der Waals surface area contributed by atoms with Gasteiger partial charge < -0.3 is 10.1 Å². The summed E-state index contributed by atoms with van der Waals surface area (Å²) in [6.07, 6.45) is -2.58. The Kier molecular flexibility index (Phi) is 5.27. The van der Waals surface area contributed by atoms with Gasteiger partial charge in [-0.15, -0.1) is 11.3 Å². The summed E-state index contributed by atoms with van der Waals surface area (Å²) in [4.78, 5) is 27.9. The molecule has 0 spiro atoms. The number of Topliss-reactive ketones (excluding diaryl/α,β-unsaturated/α-hetero) is 1. The van der Waals surface area contributed by atoms with Crippen molar-refractivity contribution >= 4 is 46.2 Å². The van der Waals surface area contributed by atoms with Gasteiger partial charge in [-0.05, 0) is 36.8 Å². The smallest absolute Gasteiger partial charge is 0.443 e. The largest absolute Gasteiger partial charge is 0.484 e. The molecule has 11 heteroatoms. The summed E-state index contributed by atoms with van der Waals surface area (Å²) < 4.78 is 43.3. The molecule has 0 atom stereocenters. The first-order chi connectivity index (χ1) is 14.0. The minimum Gasteiger partial charge on any atom is -0.484 e. The second-order valence-electron chi connectivity index (χ2n) is 7.86. The Balaban J connectivity index is 1.24.